The molecule has 1 fully saturated rings. The Labute approximate surface area is 165 Å². The van der Waals surface area contributed by atoms with E-state index in [1.807, 2.05) is 0 Å². The van der Waals surface area contributed by atoms with Gasteiger partial charge in [-0.3, -0.25) is 4.79 Å². The lowest BCUT2D eigenvalue weighted by Gasteiger charge is -2.33. The van der Waals surface area contributed by atoms with Gasteiger partial charge in [0.25, 0.3) is 5.96 Å². The SMILES string of the molecule is CC1CCN(C(=O)C(CCCN/C(N)=N\[N+](=O)[O-])NC(=O)OC(C)(C)C)CC1. The van der Waals surface area contributed by atoms with Crippen LogP contribution in [-0.4, -0.2) is 59.2 Å². The van der Waals surface area contributed by atoms with Crippen molar-refractivity contribution in [2.45, 2.75) is 65.0 Å². The molecule has 0 radical (unpaired) electrons. The smallest absolute Gasteiger partial charge is 0.408 e. The zero-order chi connectivity index (χ0) is 21.3. The highest BCUT2D eigenvalue weighted by atomic mass is 16.7. The van der Waals surface area contributed by atoms with Crippen LogP contribution in [0.5, 0.6) is 0 Å². The molecule has 1 unspecified atom stereocenters. The average Bonchev–Trinajstić information content (AvgIpc) is 2.55. The van der Waals surface area contributed by atoms with Gasteiger partial charge in [-0.05, 0) is 52.4 Å². The number of carbonyl (C=O) groups excluding carboxylic acids is 2. The predicted molar refractivity (Wildman–Crippen MR) is 104 cm³/mol. The third-order valence-electron chi connectivity index (χ3n) is 4.25. The molecule has 28 heavy (non-hydrogen) atoms. The van der Waals surface area contributed by atoms with Crippen molar-refractivity contribution in [1.82, 2.24) is 15.5 Å². The molecule has 0 spiro atoms. The molecule has 1 atom stereocenters. The number of alkyl carbamates (subject to hydrolysis) is 1. The Morgan fingerprint density at radius 1 is 1.36 bits per heavy atom. The molecule has 0 bridgehead atoms. The maximum atomic E-state index is 12.9. The minimum atomic E-state index is -0.893. The van der Waals surface area contributed by atoms with Crippen LogP contribution in [-0.2, 0) is 9.53 Å². The number of nitrogens with one attached hydrogen (secondary N) is 2. The number of rotatable bonds is 7. The fourth-order valence-corrected chi connectivity index (χ4v) is 2.80. The number of piperidine rings is 1. The second-order valence-corrected chi connectivity index (χ2v) is 8.00. The van der Waals surface area contributed by atoms with Crippen molar-refractivity contribution >= 4 is 18.0 Å². The quantitative estimate of drug-likeness (QED) is 0.190. The minimum absolute atomic E-state index is 0.148. The molecule has 1 aliphatic rings. The maximum absolute atomic E-state index is 12.9. The largest absolute Gasteiger partial charge is 0.444 e. The van der Waals surface area contributed by atoms with Gasteiger partial charge in [-0.2, -0.15) is 0 Å². The summed E-state index contributed by atoms with van der Waals surface area (Å²) in [7, 11) is 0. The first-order valence-corrected chi connectivity index (χ1v) is 9.48. The van der Waals surface area contributed by atoms with Crippen molar-refractivity contribution in [3.05, 3.63) is 10.1 Å². The lowest BCUT2D eigenvalue weighted by atomic mass is 9.98. The third-order valence-corrected chi connectivity index (χ3v) is 4.25. The number of hydrogen-bond acceptors (Lipinski definition) is 5. The number of hydrogen-bond donors (Lipinski definition) is 3. The lowest BCUT2D eigenvalue weighted by molar-refractivity contribution is -0.485. The van der Waals surface area contributed by atoms with Gasteiger partial charge in [-0.1, -0.05) is 6.92 Å². The van der Waals surface area contributed by atoms with E-state index in [4.69, 9.17) is 10.5 Å². The molecule has 11 nitrogen and oxygen atoms in total. The fraction of sp³-hybridized carbons (Fsp3) is 0.824. The van der Waals surface area contributed by atoms with Gasteiger partial charge in [0, 0.05) is 19.6 Å². The molecule has 0 aliphatic carbocycles. The molecular weight excluding hydrogens is 368 g/mol. The molecule has 1 rings (SSSR count). The van der Waals surface area contributed by atoms with E-state index >= 15 is 0 Å². The van der Waals surface area contributed by atoms with Gasteiger partial charge >= 0.3 is 6.09 Å². The van der Waals surface area contributed by atoms with Crippen molar-refractivity contribution in [3.8, 4) is 0 Å². The molecule has 1 heterocycles. The second kappa shape index (κ2) is 10.7. The minimum Gasteiger partial charge on any atom is -0.444 e. The molecule has 0 aromatic heterocycles. The summed E-state index contributed by atoms with van der Waals surface area (Å²) in [4.78, 5) is 37.0. The monoisotopic (exact) mass is 400 g/mol. The van der Waals surface area contributed by atoms with Crippen LogP contribution in [0.2, 0.25) is 0 Å². The maximum Gasteiger partial charge on any atom is 0.408 e. The van der Waals surface area contributed by atoms with E-state index < -0.39 is 22.8 Å². The summed E-state index contributed by atoms with van der Waals surface area (Å²) < 4.78 is 5.26. The first-order chi connectivity index (χ1) is 13.0. The van der Waals surface area contributed by atoms with Gasteiger partial charge in [0.15, 0.2) is 5.03 Å². The first-order valence-electron chi connectivity index (χ1n) is 9.48. The highest BCUT2D eigenvalue weighted by Crippen LogP contribution is 2.18. The first kappa shape index (κ1) is 23.4. The summed E-state index contributed by atoms with van der Waals surface area (Å²) in [6.07, 6.45) is 1.99. The van der Waals surface area contributed by atoms with Crippen molar-refractivity contribution in [2.75, 3.05) is 19.6 Å². The van der Waals surface area contributed by atoms with E-state index in [-0.39, 0.29) is 18.4 Å². The molecule has 1 saturated heterocycles. The van der Waals surface area contributed by atoms with Crippen LogP contribution in [0.25, 0.3) is 0 Å². The zero-order valence-corrected chi connectivity index (χ0v) is 17.1. The summed E-state index contributed by atoms with van der Waals surface area (Å²) in [5, 5.41) is 17.6. The number of carbonyl (C=O) groups is 2. The molecule has 0 aromatic carbocycles. The van der Waals surface area contributed by atoms with Crippen molar-refractivity contribution in [3.63, 3.8) is 0 Å². The molecule has 1 aliphatic heterocycles. The number of likely N-dealkylation sites (tertiary alicyclic amines) is 1. The molecule has 2 amide bonds. The molecule has 0 aromatic rings. The van der Waals surface area contributed by atoms with Crippen molar-refractivity contribution in [2.24, 2.45) is 16.8 Å². The number of nitrogens with two attached hydrogens (primary N) is 1. The summed E-state index contributed by atoms with van der Waals surface area (Å²) in [6.45, 7) is 8.99. The standard InChI is InChI=1S/C17H32N6O5/c1-12-7-10-22(11-8-12)14(24)13(20-16(25)28-17(2,3)4)6-5-9-19-15(18)21-23(26)27/h12-13H,5-11H2,1-4H3,(H,20,25)(H3,18,19,21). The number of ether oxygens (including phenoxy) is 1. The normalized spacial score (nSPS) is 17.0. The summed E-state index contributed by atoms with van der Waals surface area (Å²) in [5.41, 5.74) is 4.69. The van der Waals surface area contributed by atoms with Crippen LogP contribution in [0.4, 0.5) is 4.79 Å². The highest BCUT2D eigenvalue weighted by molar-refractivity contribution is 5.85. The van der Waals surface area contributed by atoms with E-state index in [2.05, 4.69) is 22.7 Å². The van der Waals surface area contributed by atoms with Crippen LogP contribution >= 0.6 is 0 Å². The van der Waals surface area contributed by atoms with E-state index in [9.17, 15) is 19.7 Å². The Hall–Kier alpha value is -2.59. The van der Waals surface area contributed by atoms with Gasteiger partial charge < -0.3 is 26.0 Å². The second-order valence-electron chi connectivity index (χ2n) is 8.00. The van der Waals surface area contributed by atoms with Gasteiger partial charge in [0.1, 0.15) is 16.7 Å². The number of guanidine groups is 1. The van der Waals surface area contributed by atoms with Gasteiger partial charge in [-0.25, -0.2) is 14.9 Å². The molecule has 11 heteroatoms. The lowest BCUT2D eigenvalue weighted by Crippen LogP contribution is -2.51. The Kier molecular flexibility index (Phi) is 8.93. The summed E-state index contributed by atoms with van der Waals surface area (Å²) in [6, 6.07) is -0.737. The number of nitrogens with zero attached hydrogens (tertiary/aromatic N) is 3. The molecule has 4 N–H and O–H groups in total. The number of hydrazone groups is 1. The van der Waals surface area contributed by atoms with E-state index in [0.29, 0.717) is 31.8 Å². The van der Waals surface area contributed by atoms with E-state index in [1.165, 1.54) is 0 Å². The van der Waals surface area contributed by atoms with Crippen LogP contribution in [0, 0.1) is 16.0 Å². The number of amides is 2. The predicted octanol–water partition coefficient (Wildman–Crippen LogP) is 1.01. The Morgan fingerprint density at radius 3 is 2.50 bits per heavy atom. The summed E-state index contributed by atoms with van der Waals surface area (Å²) >= 11 is 0. The topological polar surface area (TPSA) is 152 Å². The highest BCUT2D eigenvalue weighted by Gasteiger charge is 2.29. The molecule has 160 valence electrons. The Balaban J connectivity index is 2.65. The van der Waals surface area contributed by atoms with Crippen LogP contribution in [0.15, 0.2) is 5.10 Å². The van der Waals surface area contributed by atoms with Crippen LogP contribution in [0.1, 0.15) is 53.4 Å². The van der Waals surface area contributed by atoms with Crippen molar-refractivity contribution < 1.29 is 19.4 Å². The van der Waals surface area contributed by atoms with Gasteiger partial charge in [0.05, 0.1) is 0 Å². The van der Waals surface area contributed by atoms with Gasteiger partial charge in [0.2, 0.25) is 5.91 Å². The summed E-state index contributed by atoms with van der Waals surface area (Å²) in [5.74, 6) is 0.122. The average molecular weight is 400 g/mol. The third kappa shape index (κ3) is 9.38. The zero-order valence-electron chi connectivity index (χ0n) is 17.1. The Bertz CT molecular complexity index is 581. The van der Waals surface area contributed by atoms with Crippen molar-refractivity contribution in [1.29, 1.82) is 0 Å². The van der Waals surface area contributed by atoms with Crippen LogP contribution in [0.3, 0.4) is 0 Å². The molecule has 0 saturated carbocycles. The van der Waals surface area contributed by atoms with E-state index in [1.54, 1.807) is 25.7 Å². The fourth-order valence-electron chi connectivity index (χ4n) is 2.80. The van der Waals surface area contributed by atoms with Crippen LogP contribution < -0.4 is 16.4 Å². The molecular formula is C17H32N6O5. The van der Waals surface area contributed by atoms with E-state index in [0.717, 1.165) is 12.8 Å². The number of nitro groups is 1. The Morgan fingerprint density at radius 2 is 1.96 bits per heavy atom. The van der Waals surface area contributed by atoms with Gasteiger partial charge in [-0.15, -0.1) is 0 Å².